The predicted molar refractivity (Wildman–Crippen MR) is 66.2 cm³/mol. The molecule has 0 aromatic heterocycles. The van der Waals surface area contributed by atoms with Crippen LogP contribution in [0.3, 0.4) is 0 Å². The van der Waals surface area contributed by atoms with Gasteiger partial charge in [0.2, 0.25) is 0 Å². The van der Waals surface area contributed by atoms with Crippen LogP contribution in [0.25, 0.3) is 0 Å². The number of piperidine rings is 1. The first-order chi connectivity index (χ1) is 8.40. The Morgan fingerprint density at radius 1 is 1.12 bits per heavy atom. The number of rotatable bonds is 8. The second kappa shape index (κ2) is 7.31. The van der Waals surface area contributed by atoms with E-state index >= 15 is 0 Å². The quantitative estimate of drug-likeness (QED) is 0.650. The Kier molecular flexibility index (Phi) is 5.71. The van der Waals surface area contributed by atoms with Crippen LogP contribution in [0.15, 0.2) is 0 Å². The minimum Gasteiger partial charge on any atom is -0.382 e. The molecule has 4 nitrogen and oxygen atoms in total. The lowest BCUT2D eigenvalue weighted by molar-refractivity contribution is -0.0559. The average molecular weight is 243 g/mol. The summed E-state index contributed by atoms with van der Waals surface area (Å²) in [4.78, 5) is 0. The van der Waals surface area contributed by atoms with Crippen molar-refractivity contribution in [3.8, 4) is 0 Å². The van der Waals surface area contributed by atoms with Gasteiger partial charge in [0.15, 0.2) is 0 Å². The van der Waals surface area contributed by atoms with Gasteiger partial charge in [-0.15, -0.1) is 0 Å². The van der Waals surface area contributed by atoms with E-state index in [4.69, 9.17) is 14.2 Å². The molecule has 1 N–H and O–H groups in total. The van der Waals surface area contributed by atoms with Crippen LogP contribution in [0.5, 0.6) is 0 Å². The van der Waals surface area contributed by atoms with Gasteiger partial charge in [0.05, 0.1) is 32.0 Å². The molecule has 0 spiro atoms. The summed E-state index contributed by atoms with van der Waals surface area (Å²) in [5.41, 5.74) is 0. The van der Waals surface area contributed by atoms with E-state index < -0.39 is 0 Å². The van der Waals surface area contributed by atoms with Gasteiger partial charge < -0.3 is 19.5 Å². The molecule has 1 saturated heterocycles. The zero-order valence-corrected chi connectivity index (χ0v) is 10.8. The standard InChI is InChI=1S/C13H25NO3/c1-15-10-13(11-2-3-11)17-9-8-16-12-4-6-14-7-5-12/h11-14H,2-10H2,1H3. The molecule has 1 unspecified atom stereocenters. The van der Waals surface area contributed by atoms with Gasteiger partial charge >= 0.3 is 0 Å². The van der Waals surface area contributed by atoms with Crippen LogP contribution in [0.1, 0.15) is 25.7 Å². The maximum atomic E-state index is 5.83. The molecule has 1 heterocycles. The predicted octanol–water partition coefficient (Wildman–Crippen LogP) is 1.20. The van der Waals surface area contributed by atoms with E-state index in [1.54, 1.807) is 7.11 Å². The molecule has 0 aromatic carbocycles. The van der Waals surface area contributed by atoms with Crippen molar-refractivity contribution in [2.75, 3.05) is 40.0 Å². The molecule has 0 amide bonds. The molecule has 1 aliphatic carbocycles. The van der Waals surface area contributed by atoms with E-state index in [1.165, 1.54) is 12.8 Å². The van der Waals surface area contributed by atoms with Gasteiger partial charge in [0.1, 0.15) is 0 Å². The highest BCUT2D eigenvalue weighted by Crippen LogP contribution is 2.34. The van der Waals surface area contributed by atoms with Crippen LogP contribution in [0.4, 0.5) is 0 Å². The molecule has 1 aliphatic heterocycles. The van der Waals surface area contributed by atoms with E-state index in [1.807, 2.05) is 0 Å². The van der Waals surface area contributed by atoms with Gasteiger partial charge in [0.25, 0.3) is 0 Å². The summed E-state index contributed by atoms with van der Waals surface area (Å²) in [6.07, 6.45) is 5.57. The first-order valence-electron chi connectivity index (χ1n) is 6.83. The summed E-state index contributed by atoms with van der Waals surface area (Å²) < 4.78 is 16.8. The van der Waals surface area contributed by atoms with Crippen LogP contribution < -0.4 is 5.32 Å². The van der Waals surface area contributed by atoms with E-state index in [0.717, 1.165) is 45.1 Å². The summed E-state index contributed by atoms with van der Waals surface area (Å²) in [5.74, 6) is 0.730. The van der Waals surface area contributed by atoms with Crippen LogP contribution in [-0.4, -0.2) is 52.2 Å². The van der Waals surface area contributed by atoms with Gasteiger partial charge in [-0.25, -0.2) is 0 Å². The third kappa shape index (κ3) is 4.92. The highest BCUT2D eigenvalue weighted by molar-refractivity contribution is 4.82. The highest BCUT2D eigenvalue weighted by Gasteiger charge is 2.31. The topological polar surface area (TPSA) is 39.7 Å². The van der Waals surface area contributed by atoms with Crippen LogP contribution in [0.2, 0.25) is 0 Å². The third-order valence-corrected chi connectivity index (χ3v) is 3.53. The second-order valence-corrected chi connectivity index (χ2v) is 5.02. The van der Waals surface area contributed by atoms with E-state index in [9.17, 15) is 0 Å². The van der Waals surface area contributed by atoms with Crippen LogP contribution in [0, 0.1) is 5.92 Å². The molecule has 0 radical (unpaired) electrons. The van der Waals surface area contributed by atoms with Crippen molar-refractivity contribution in [1.82, 2.24) is 5.32 Å². The molecule has 17 heavy (non-hydrogen) atoms. The fourth-order valence-corrected chi connectivity index (χ4v) is 2.33. The minimum absolute atomic E-state index is 0.289. The fourth-order valence-electron chi connectivity index (χ4n) is 2.33. The Hall–Kier alpha value is -0.160. The lowest BCUT2D eigenvalue weighted by Crippen LogP contribution is -2.33. The minimum atomic E-state index is 0.289. The number of nitrogens with one attached hydrogen (secondary N) is 1. The SMILES string of the molecule is COCC(OCCOC1CCNCC1)C1CC1. The maximum absolute atomic E-state index is 5.83. The molecule has 2 rings (SSSR count). The van der Waals surface area contributed by atoms with Gasteiger partial charge in [0, 0.05) is 7.11 Å². The van der Waals surface area contributed by atoms with Gasteiger partial charge in [-0.05, 0) is 44.7 Å². The molecule has 4 heteroatoms. The number of methoxy groups -OCH3 is 1. The fraction of sp³-hybridized carbons (Fsp3) is 1.00. The van der Waals surface area contributed by atoms with Crippen molar-refractivity contribution in [1.29, 1.82) is 0 Å². The van der Waals surface area contributed by atoms with Crippen molar-refractivity contribution in [2.45, 2.75) is 37.9 Å². The molecule has 2 aliphatic rings. The molecule has 100 valence electrons. The Labute approximate surface area is 104 Å². The second-order valence-electron chi connectivity index (χ2n) is 5.02. The maximum Gasteiger partial charge on any atom is 0.0837 e. The third-order valence-electron chi connectivity index (χ3n) is 3.53. The van der Waals surface area contributed by atoms with E-state index in [2.05, 4.69) is 5.32 Å². The Bertz CT molecular complexity index is 203. The van der Waals surface area contributed by atoms with Gasteiger partial charge in [-0.3, -0.25) is 0 Å². The zero-order chi connectivity index (χ0) is 11.9. The van der Waals surface area contributed by atoms with Crippen molar-refractivity contribution in [3.63, 3.8) is 0 Å². The molecule has 1 atom stereocenters. The average Bonchev–Trinajstić information content (AvgIpc) is 3.19. The number of hydrogen-bond acceptors (Lipinski definition) is 4. The molecular weight excluding hydrogens is 218 g/mol. The molecular formula is C13H25NO3. The van der Waals surface area contributed by atoms with E-state index in [-0.39, 0.29) is 6.10 Å². The smallest absolute Gasteiger partial charge is 0.0837 e. The summed E-state index contributed by atoms with van der Waals surface area (Å²) in [6, 6.07) is 0. The lowest BCUT2D eigenvalue weighted by atomic mass is 10.1. The normalized spacial score (nSPS) is 23.8. The first-order valence-corrected chi connectivity index (χ1v) is 6.83. The van der Waals surface area contributed by atoms with Crippen LogP contribution in [-0.2, 0) is 14.2 Å². The van der Waals surface area contributed by atoms with Crippen molar-refractivity contribution < 1.29 is 14.2 Å². The molecule has 2 fully saturated rings. The number of ether oxygens (including phenoxy) is 3. The first kappa shape index (κ1) is 13.3. The molecule has 1 saturated carbocycles. The largest absolute Gasteiger partial charge is 0.382 e. The van der Waals surface area contributed by atoms with Crippen molar-refractivity contribution >= 4 is 0 Å². The monoisotopic (exact) mass is 243 g/mol. The zero-order valence-electron chi connectivity index (χ0n) is 10.8. The highest BCUT2D eigenvalue weighted by atomic mass is 16.6. The summed E-state index contributed by atoms with van der Waals surface area (Å²) in [6.45, 7) is 4.31. The molecule has 0 aromatic rings. The summed E-state index contributed by atoms with van der Waals surface area (Å²) in [5, 5.41) is 3.34. The Morgan fingerprint density at radius 3 is 2.53 bits per heavy atom. The van der Waals surface area contributed by atoms with Crippen LogP contribution >= 0.6 is 0 Å². The van der Waals surface area contributed by atoms with Gasteiger partial charge in [-0.1, -0.05) is 0 Å². The number of hydrogen-bond donors (Lipinski definition) is 1. The Morgan fingerprint density at radius 2 is 1.88 bits per heavy atom. The summed E-state index contributed by atoms with van der Waals surface area (Å²) in [7, 11) is 1.74. The Balaban J connectivity index is 1.51. The summed E-state index contributed by atoms with van der Waals surface area (Å²) >= 11 is 0. The molecule has 0 bridgehead atoms. The van der Waals surface area contributed by atoms with E-state index in [0.29, 0.717) is 12.7 Å². The van der Waals surface area contributed by atoms with Crippen molar-refractivity contribution in [3.05, 3.63) is 0 Å². The lowest BCUT2D eigenvalue weighted by Gasteiger charge is -2.23. The van der Waals surface area contributed by atoms with Crippen molar-refractivity contribution in [2.24, 2.45) is 5.92 Å². The van der Waals surface area contributed by atoms with Gasteiger partial charge in [-0.2, -0.15) is 0 Å².